The normalized spacial score (nSPS) is 11.0. The molecule has 0 aliphatic rings. The van der Waals surface area contributed by atoms with Gasteiger partial charge in [0.1, 0.15) is 5.75 Å². The van der Waals surface area contributed by atoms with Crippen LogP contribution in [0.25, 0.3) is 16.8 Å². The van der Waals surface area contributed by atoms with Crippen LogP contribution in [-0.4, -0.2) is 12.2 Å². The highest BCUT2D eigenvalue weighted by molar-refractivity contribution is 5.92. The molecule has 0 amide bonds. The molecule has 0 bridgehead atoms. The van der Waals surface area contributed by atoms with Crippen LogP contribution in [0.15, 0.2) is 42.7 Å². The summed E-state index contributed by atoms with van der Waals surface area (Å²) in [6.45, 7) is 0. The molecule has 0 aliphatic carbocycles. The molecule has 15 heavy (non-hydrogen) atoms. The minimum Gasteiger partial charge on any atom is -0.507 e. The highest BCUT2D eigenvalue weighted by atomic mass is 16.5. The predicted octanol–water partition coefficient (Wildman–Crippen LogP) is 3.16. The second kappa shape index (κ2) is 4.05. The van der Waals surface area contributed by atoms with Crippen molar-refractivity contribution in [3.63, 3.8) is 0 Å². The van der Waals surface area contributed by atoms with Gasteiger partial charge in [-0.1, -0.05) is 30.3 Å². The van der Waals surface area contributed by atoms with Crippen molar-refractivity contribution >= 4 is 16.8 Å². The lowest BCUT2D eigenvalue weighted by Gasteiger charge is -2.04. The van der Waals surface area contributed by atoms with E-state index in [0.29, 0.717) is 0 Å². The predicted molar refractivity (Wildman–Crippen MR) is 61.7 cm³/mol. The molecule has 2 nitrogen and oxygen atoms in total. The Balaban J connectivity index is 2.68. The first-order chi connectivity index (χ1) is 7.33. The van der Waals surface area contributed by atoms with Crippen LogP contribution in [0, 0.1) is 0 Å². The molecule has 2 heteroatoms. The van der Waals surface area contributed by atoms with Gasteiger partial charge >= 0.3 is 0 Å². The van der Waals surface area contributed by atoms with Crippen LogP contribution in [0.4, 0.5) is 0 Å². The molecule has 0 atom stereocenters. The molecule has 0 saturated heterocycles. The molecule has 0 saturated carbocycles. The highest BCUT2D eigenvalue weighted by Gasteiger charge is 2.02. The van der Waals surface area contributed by atoms with Crippen LogP contribution in [0.3, 0.4) is 0 Å². The van der Waals surface area contributed by atoms with E-state index in [0.717, 1.165) is 16.3 Å². The monoisotopic (exact) mass is 200 g/mol. The lowest BCUT2D eigenvalue weighted by atomic mass is 10.0. The van der Waals surface area contributed by atoms with Crippen LogP contribution in [0.5, 0.6) is 5.75 Å². The summed E-state index contributed by atoms with van der Waals surface area (Å²) in [5, 5.41) is 11.9. The van der Waals surface area contributed by atoms with Crippen molar-refractivity contribution in [2.75, 3.05) is 7.11 Å². The summed E-state index contributed by atoms with van der Waals surface area (Å²) in [7, 11) is 1.58. The van der Waals surface area contributed by atoms with Crippen LogP contribution in [0.1, 0.15) is 5.56 Å². The van der Waals surface area contributed by atoms with E-state index < -0.39 is 0 Å². The molecule has 1 N–H and O–H groups in total. The molecule has 2 rings (SSSR count). The quantitative estimate of drug-likeness (QED) is 0.754. The average molecular weight is 200 g/mol. The molecule has 0 spiro atoms. The Morgan fingerprint density at radius 3 is 2.73 bits per heavy atom. The second-order valence-corrected chi connectivity index (χ2v) is 3.26. The summed E-state index contributed by atoms with van der Waals surface area (Å²) in [4.78, 5) is 0. The van der Waals surface area contributed by atoms with Crippen molar-refractivity contribution in [3.8, 4) is 5.75 Å². The van der Waals surface area contributed by atoms with Crippen LogP contribution in [0.2, 0.25) is 0 Å². The molecular weight excluding hydrogens is 188 g/mol. The molecule has 0 aromatic heterocycles. The van der Waals surface area contributed by atoms with Gasteiger partial charge in [0.25, 0.3) is 0 Å². The minimum atomic E-state index is 0.266. The van der Waals surface area contributed by atoms with Crippen LogP contribution < -0.4 is 0 Å². The number of benzene rings is 2. The van der Waals surface area contributed by atoms with E-state index in [1.807, 2.05) is 30.3 Å². The Hall–Kier alpha value is -1.96. The number of methoxy groups -OCH3 is 1. The van der Waals surface area contributed by atoms with Gasteiger partial charge in [-0.25, -0.2) is 0 Å². The number of aromatic hydroxyl groups is 1. The van der Waals surface area contributed by atoms with Gasteiger partial charge in [-0.05, 0) is 22.9 Å². The zero-order valence-electron chi connectivity index (χ0n) is 8.47. The van der Waals surface area contributed by atoms with Gasteiger partial charge in [0.15, 0.2) is 0 Å². The Morgan fingerprint density at radius 1 is 1.13 bits per heavy atom. The Labute approximate surface area is 88.4 Å². The number of rotatable bonds is 2. The van der Waals surface area contributed by atoms with Crippen molar-refractivity contribution < 1.29 is 9.84 Å². The maximum atomic E-state index is 9.73. The Bertz CT molecular complexity index is 501. The van der Waals surface area contributed by atoms with Crippen molar-refractivity contribution in [1.82, 2.24) is 0 Å². The number of ether oxygens (including phenoxy) is 1. The first kappa shape index (κ1) is 9.59. The van der Waals surface area contributed by atoms with Crippen LogP contribution in [-0.2, 0) is 4.74 Å². The number of hydrogen-bond acceptors (Lipinski definition) is 2. The minimum absolute atomic E-state index is 0.266. The van der Waals surface area contributed by atoms with Gasteiger partial charge in [0, 0.05) is 5.56 Å². The van der Waals surface area contributed by atoms with Crippen molar-refractivity contribution in [1.29, 1.82) is 0 Å². The SMILES string of the molecule is CO/C=C\c1c(O)ccc2ccccc12. The topological polar surface area (TPSA) is 29.5 Å². The van der Waals surface area contributed by atoms with E-state index in [9.17, 15) is 5.11 Å². The van der Waals surface area contributed by atoms with Crippen molar-refractivity contribution in [3.05, 3.63) is 48.2 Å². The molecule has 0 radical (unpaired) electrons. The number of phenolic OH excluding ortho intramolecular Hbond substituents is 1. The van der Waals surface area contributed by atoms with Gasteiger partial charge in [0.2, 0.25) is 0 Å². The van der Waals surface area contributed by atoms with Gasteiger partial charge in [0.05, 0.1) is 13.4 Å². The third kappa shape index (κ3) is 1.79. The van der Waals surface area contributed by atoms with Gasteiger partial charge in [-0.15, -0.1) is 0 Å². The number of hydrogen-bond donors (Lipinski definition) is 1. The smallest absolute Gasteiger partial charge is 0.123 e. The first-order valence-electron chi connectivity index (χ1n) is 4.73. The summed E-state index contributed by atoms with van der Waals surface area (Å²) in [5.74, 6) is 0.266. The average Bonchev–Trinajstić information content (AvgIpc) is 2.28. The molecule has 0 heterocycles. The number of phenols is 1. The first-order valence-corrected chi connectivity index (χ1v) is 4.73. The van der Waals surface area contributed by atoms with Gasteiger partial charge in [-0.3, -0.25) is 0 Å². The van der Waals surface area contributed by atoms with Crippen LogP contribution >= 0.6 is 0 Å². The Kier molecular flexibility index (Phi) is 2.59. The lowest BCUT2D eigenvalue weighted by molar-refractivity contribution is 0.341. The zero-order chi connectivity index (χ0) is 10.7. The third-order valence-electron chi connectivity index (χ3n) is 2.32. The van der Waals surface area contributed by atoms with E-state index in [2.05, 4.69) is 0 Å². The van der Waals surface area contributed by atoms with E-state index in [-0.39, 0.29) is 5.75 Å². The van der Waals surface area contributed by atoms with E-state index in [1.54, 1.807) is 25.5 Å². The van der Waals surface area contributed by atoms with Crippen molar-refractivity contribution in [2.24, 2.45) is 0 Å². The lowest BCUT2D eigenvalue weighted by Crippen LogP contribution is -1.80. The maximum absolute atomic E-state index is 9.73. The molecule has 0 fully saturated rings. The fourth-order valence-electron chi connectivity index (χ4n) is 1.60. The van der Waals surface area contributed by atoms with E-state index >= 15 is 0 Å². The van der Waals surface area contributed by atoms with E-state index in [1.165, 1.54) is 0 Å². The summed E-state index contributed by atoms with van der Waals surface area (Å²) >= 11 is 0. The molecular formula is C13H12O2. The zero-order valence-corrected chi connectivity index (χ0v) is 8.47. The summed E-state index contributed by atoms with van der Waals surface area (Å²) in [6.07, 6.45) is 3.32. The van der Waals surface area contributed by atoms with Gasteiger partial charge < -0.3 is 9.84 Å². The highest BCUT2D eigenvalue weighted by Crippen LogP contribution is 2.28. The largest absolute Gasteiger partial charge is 0.507 e. The molecule has 2 aromatic rings. The maximum Gasteiger partial charge on any atom is 0.123 e. The fourth-order valence-corrected chi connectivity index (χ4v) is 1.60. The van der Waals surface area contributed by atoms with Crippen molar-refractivity contribution in [2.45, 2.75) is 0 Å². The summed E-state index contributed by atoms with van der Waals surface area (Å²) in [5.41, 5.74) is 0.787. The van der Waals surface area contributed by atoms with Gasteiger partial charge in [-0.2, -0.15) is 0 Å². The fraction of sp³-hybridized carbons (Fsp3) is 0.0769. The second-order valence-electron chi connectivity index (χ2n) is 3.26. The Morgan fingerprint density at radius 2 is 1.93 bits per heavy atom. The third-order valence-corrected chi connectivity index (χ3v) is 2.32. The molecule has 0 aliphatic heterocycles. The molecule has 76 valence electrons. The standard InChI is InChI=1S/C13H12O2/c1-15-9-8-12-11-5-3-2-4-10(11)6-7-13(12)14/h2-9,14H,1H3/b9-8-. The van der Waals surface area contributed by atoms with E-state index in [4.69, 9.17) is 4.74 Å². The number of fused-ring (bicyclic) bond motifs is 1. The summed E-state index contributed by atoms with van der Waals surface area (Å²) in [6, 6.07) is 11.5. The molecule has 0 unspecified atom stereocenters. The molecule has 2 aromatic carbocycles. The summed E-state index contributed by atoms with van der Waals surface area (Å²) < 4.78 is 4.86.